The number of alkyl halides is 3. The van der Waals surface area contributed by atoms with Crippen LogP contribution in [-0.2, 0) is 15.5 Å². The first-order valence-corrected chi connectivity index (χ1v) is 8.17. The van der Waals surface area contributed by atoms with E-state index in [2.05, 4.69) is 5.32 Å². The molecule has 1 saturated heterocycles. The molecule has 1 aliphatic rings. The quantitative estimate of drug-likeness (QED) is 0.838. The van der Waals surface area contributed by atoms with Gasteiger partial charge in [-0.25, -0.2) is 4.39 Å². The summed E-state index contributed by atoms with van der Waals surface area (Å²) in [6.45, 7) is -0.329. The van der Waals surface area contributed by atoms with E-state index in [9.17, 15) is 21.8 Å². The lowest BCUT2D eigenvalue weighted by molar-refractivity contribution is -0.205. The molecule has 124 valence electrons. The number of hydrogen-bond acceptors (Lipinski definition) is 3. The molecule has 22 heavy (non-hydrogen) atoms. The Hall–Kier alpha value is -0.990. The molecule has 0 amide bonds. The Kier molecular flexibility index (Phi) is 5.57. The zero-order valence-corrected chi connectivity index (χ0v) is 12.6. The number of nitrogens with one attached hydrogen (secondary N) is 1. The highest BCUT2D eigenvalue weighted by Crippen LogP contribution is 2.29. The van der Waals surface area contributed by atoms with E-state index in [4.69, 9.17) is 4.74 Å². The fourth-order valence-corrected chi connectivity index (χ4v) is 3.81. The molecule has 0 bridgehead atoms. The Morgan fingerprint density at radius 2 is 1.77 bits per heavy atom. The van der Waals surface area contributed by atoms with Crippen molar-refractivity contribution in [2.75, 3.05) is 25.4 Å². The molecule has 2 rings (SSSR count). The minimum atomic E-state index is -4.42. The van der Waals surface area contributed by atoms with Crippen molar-refractivity contribution in [1.29, 1.82) is 0 Å². The summed E-state index contributed by atoms with van der Waals surface area (Å²) < 4.78 is 67.6. The van der Waals surface area contributed by atoms with Gasteiger partial charge in [-0.15, -0.1) is 0 Å². The molecule has 0 radical (unpaired) electrons. The van der Waals surface area contributed by atoms with E-state index in [0.29, 0.717) is 30.8 Å². The third-order valence-electron chi connectivity index (χ3n) is 3.53. The van der Waals surface area contributed by atoms with Gasteiger partial charge >= 0.3 is 6.18 Å². The van der Waals surface area contributed by atoms with E-state index >= 15 is 0 Å². The lowest BCUT2D eigenvalue weighted by Gasteiger charge is -2.37. The van der Waals surface area contributed by atoms with Crippen LogP contribution in [-0.4, -0.2) is 41.4 Å². The molecule has 1 aliphatic heterocycles. The molecule has 0 saturated carbocycles. The first kappa shape index (κ1) is 17.4. The number of piperidine rings is 1. The maximum absolute atomic E-state index is 12.9. The first-order valence-electron chi connectivity index (χ1n) is 6.85. The van der Waals surface area contributed by atoms with Crippen LogP contribution >= 0.6 is 0 Å². The first-order chi connectivity index (χ1) is 10.3. The van der Waals surface area contributed by atoms with Crippen molar-refractivity contribution in [3.63, 3.8) is 0 Å². The minimum absolute atomic E-state index is 0.0314. The van der Waals surface area contributed by atoms with Gasteiger partial charge in [0, 0.05) is 4.90 Å². The molecule has 0 spiro atoms. The molecular weight excluding hydrogens is 322 g/mol. The van der Waals surface area contributed by atoms with Gasteiger partial charge in [0.15, 0.2) is 0 Å². The van der Waals surface area contributed by atoms with E-state index in [1.54, 1.807) is 0 Å². The normalized spacial score (nSPS) is 19.8. The standard InChI is InChI=1S/C14H17F4NO2S/c15-11-1-3-12(4-2-11)22(20)10-13(5-7-19-8-6-13)21-9-14(16,17)18/h1-4,19H,5-10H2. The summed E-state index contributed by atoms with van der Waals surface area (Å²) in [6.07, 6.45) is -3.71. The predicted octanol–water partition coefficient (Wildman–Crippen LogP) is 2.63. The average molecular weight is 339 g/mol. The van der Waals surface area contributed by atoms with Gasteiger partial charge in [-0.05, 0) is 50.2 Å². The molecule has 0 aliphatic carbocycles. The topological polar surface area (TPSA) is 38.3 Å². The Morgan fingerprint density at radius 1 is 1.18 bits per heavy atom. The van der Waals surface area contributed by atoms with Crippen molar-refractivity contribution in [2.24, 2.45) is 0 Å². The molecule has 1 heterocycles. The summed E-state index contributed by atoms with van der Waals surface area (Å²) >= 11 is 0. The molecule has 1 unspecified atom stereocenters. The van der Waals surface area contributed by atoms with Gasteiger partial charge in [0.05, 0.1) is 22.2 Å². The van der Waals surface area contributed by atoms with Gasteiger partial charge in [-0.2, -0.15) is 13.2 Å². The summed E-state index contributed by atoms with van der Waals surface area (Å²) in [6, 6.07) is 5.12. The molecule has 3 nitrogen and oxygen atoms in total. The highest BCUT2D eigenvalue weighted by atomic mass is 32.2. The molecular formula is C14H17F4NO2S. The zero-order chi connectivity index (χ0) is 16.2. The van der Waals surface area contributed by atoms with Crippen LogP contribution in [0.2, 0.25) is 0 Å². The monoisotopic (exact) mass is 339 g/mol. The maximum Gasteiger partial charge on any atom is 0.411 e. The largest absolute Gasteiger partial charge is 0.411 e. The van der Waals surface area contributed by atoms with Gasteiger partial charge in [0.2, 0.25) is 0 Å². The molecule has 1 aromatic rings. The van der Waals surface area contributed by atoms with Crippen molar-refractivity contribution in [1.82, 2.24) is 5.32 Å². The Morgan fingerprint density at radius 3 is 2.32 bits per heavy atom. The third kappa shape index (κ3) is 5.03. The number of halogens is 4. The summed E-state index contributed by atoms with van der Waals surface area (Å²) in [4.78, 5) is 0.384. The summed E-state index contributed by atoms with van der Waals surface area (Å²) in [5, 5.41) is 3.05. The minimum Gasteiger partial charge on any atom is -0.365 e. The maximum atomic E-state index is 12.9. The van der Waals surface area contributed by atoms with Crippen molar-refractivity contribution in [3.8, 4) is 0 Å². The second-order valence-corrected chi connectivity index (χ2v) is 6.73. The van der Waals surface area contributed by atoms with E-state index < -0.39 is 35.0 Å². The smallest absolute Gasteiger partial charge is 0.365 e. The Labute approximate surface area is 128 Å². The van der Waals surface area contributed by atoms with Crippen molar-refractivity contribution in [3.05, 3.63) is 30.1 Å². The van der Waals surface area contributed by atoms with Crippen LogP contribution in [0.4, 0.5) is 17.6 Å². The SMILES string of the molecule is O=S(CC1(OCC(F)(F)F)CCNCC1)c1ccc(F)cc1. The second-order valence-electron chi connectivity index (χ2n) is 5.28. The lowest BCUT2D eigenvalue weighted by Crippen LogP contribution is -2.49. The highest BCUT2D eigenvalue weighted by molar-refractivity contribution is 7.85. The van der Waals surface area contributed by atoms with Gasteiger partial charge in [0.25, 0.3) is 0 Å². The molecule has 1 aromatic carbocycles. The van der Waals surface area contributed by atoms with Crippen LogP contribution in [0.25, 0.3) is 0 Å². The van der Waals surface area contributed by atoms with Crippen LogP contribution < -0.4 is 5.32 Å². The predicted molar refractivity (Wildman–Crippen MR) is 74.5 cm³/mol. The molecule has 1 fully saturated rings. The van der Waals surface area contributed by atoms with E-state index in [1.807, 2.05) is 0 Å². The van der Waals surface area contributed by atoms with E-state index in [-0.39, 0.29) is 5.75 Å². The molecule has 0 aromatic heterocycles. The molecule has 1 atom stereocenters. The van der Waals surface area contributed by atoms with Gasteiger partial charge in [-0.3, -0.25) is 4.21 Å². The highest BCUT2D eigenvalue weighted by Gasteiger charge is 2.39. The second kappa shape index (κ2) is 7.06. The van der Waals surface area contributed by atoms with Crippen LogP contribution in [0.5, 0.6) is 0 Å². The summed E-state index contributed by atoms with van der Waals surface area (Å²) in [5.74, 6) is -0.484. The zero-order valence-electron chi connectivity index (χ0n) is 11.8. The number of rotatable bonds is 5. The fraction of sp³-hybridized carbons (Fsp3) is 0.571. The number of ether oxygens (including phenoxy) is 1. The van der Waals surface area contributed by atoms with Gasteiger partial charge in [0.1, 0.15) is 12.4 Å². The van der Waals surface area contributed by atoms with Crippen LogP contribution in [0.15, 0.2) is 29.2 Å². The van der Waals surface area contributed by atoms with E-state index in [1.165, 1.54) is 24.3 Å². The van der Waals surface area contributed by atoms with Crippen molar-refractivity contribution < 1.29 is 26.5 Å². The Balaban J connectivity index is 2.08. The van der Waals surface area contributed by atoms with Gasteiger partial charge in [-0.1, -0.05) is 0 Å². The third-order valence-corrected chi connectivity index (χ3v) is 5.11. The van der Waals surface area contributed by atoms with Crippen molar-refractivity contribution >= 4 is 10.8 Å². The molecule has 8 heteroatoms. The van der Waals surface area contributed by atoms with Gasteiger partial charge < -0.3 is 10.1 Å². The van der Waals surface area contributed by atoms with Crippen molar-refractivity contribution in [2.45, 2.75) is 29.5 Å². The average Bonchev–Trinajstić information content (AvgIpc) is 2.46. The van der Waals surface area contributed by atoms with Crippen LogP contribution in [0, 0.1) is 5.82 Å². The Bertz CT molecular complexity index is 513. The van der Waals surface area contributed by atoms with E-state index in [0.717, 1.165) is 0 Å². The molecule has 1 N–H and O–H groups in total. The number of benzene rings is 1. The van der Waals surface area contributed by atoms with Crippen LogP contribution in [0.1, 0.15) is 12.8 Å². The number of hydrogen-bond donors (Lipinski definition) is 1. The van der Waals surface area contributed by atoms with Crippen LogP contribution in [0.3, 0.4) is 0 Å². The fourth-order valence-electron chi connectivity index (χ4n) is 2.36. The summed E-state index contributed by atoms with van der Waals surface area (Å²) in [7, 11) is -1.54. The summed E-state index contributed by atoms with van der Waals surface area (Å²) in [5.41, 5.74) is -1.07. The lowest BCUT2D eigenvalue weighted by atomic mass is 9.94.